The number of rotatable bonds is 6. The number of aliphatic carboxylic acids is 1. The lowest BCUT2D eigenvalue weighted by Gasteiger charge is -2.18. The maximum absolute atomic E-state index is 12.2. The van der Waals surface area contributed by atoms with Gasteiger partial charge in [0.05, 0.1) is 24.2 Å². The SMILES string of the molecule is C[C@@H](O)[C@H](N)c1nc(Cc2cnc[nH]2)c([O-])n1CC(=O)O. The van der Waals surface area contributed by atoms with E-state index in [0.29, 0.717) is 5.69 Å². The Labute approximate surface area is 120 Å². The van der Waals surface area contributed by atoms with Gasteiger partial charge in [-0.1, -0.05) is 0 Å². The number of nitrogens with one attached hydrogen (secondary N) is 1. The van der Waals surface area contributed by atoms with Crippen molar-refractivity contribution < 1.29 is 20.1 Å². The number of aliphatic hydroxyl groups is 1. The molecule has 2 atom stereocenters. The van der Waals surface area contributed by atoms with Gasteiger partial charge in [-0.2, -0.15) is 0 Å². The summed E-state index contributed by atoms with van der Waals surface area (Å²) in [5.41, 5.74) is 6.61. The van der Waals surface area contributed by atoms with Crippen LogP contribution in [0.1, 0.15) is 30.2 Å². The van der Waals surface area contributed by atoms with Crippen molar-refractivity contribution in [3.8, 4) is 5.88 Å². The predicted molar refractivity (Wildman–Crippen MR) is 69.3 cm³/mol. The molecular formula is C12H16N5O4-. The molecule has 0 aliphatic heterocycles. The molecule has 2 aromatic rings. The number of carbonyl (C=O) groups is 1. The molecular weight excluding hydrogens is 278 g/mol. The van der Waals surface area contributed by atoms with Gasteiger partial charge in [0.1, 0.15) is 12.4 Å². The maximum atomic E-state index is 12.2. The highest BCUT2D eigenvalue weighted by Crippen LogP contribution is 2.23. The molecule has 0 aliphatic rings. The third kappa shape index (κ3) is 3.20. The van der Waals surface area contributed by atoms with Crippen LogP contribution < -0.4 is 10.8 Å². The Morgan fingerprint density at radius 1 is 1.62 bits per heavy atom. The number of aliphatic hydroxyl groups excluding tert-OH is 1. The lowest BCUT2D eigenvalue weighted by atomic mass is 10.2. The summed E-state index contributed by atoms with van der Waals surface area (Å²) >= 11 is 0. The van der Waals surface area contributed by atoms with Gasteiger partial charge in [-0.15, -0.1) is 0 Å². The minimum Gasteiger partial charge on any atom is -0.859 e. The highest BCUT2D eigenvalue weighted by atomic mass is 16.4. The number of nitrogens with zero attached hydrogens (tertiary/aromatic N) is 3. The van der Waals surface area contributed by atoms with Gasteiger partial charge in [-0.3, -0.25) is 4.79 Å². The summed E-state index contributed by atoms with van der Waals surface area (Å²) in [6.45, 7) is 0.897. The normalized spacial score (nSPS) is 14.0. The molecule has 0 saturated heterocycles. The van der Waals surface area contributed by atoms with Crippen LogP contribution in [0.25, 0.3) is 0 Å². The fraction of sp³-hybridized carbons (Fsp3) is 0.417. The van der Waals surface area contributed by atoms with Crippen LogP contribution in [0, 0.1) is 0 Å². The molecule has 0 aliphatic carbocycles. The summed E-state index contributed by atoms with van der Waals surface area (Å²) in [6.07, 6.45) is 2.24. The minimum absolute atomic E-state index is 0.0620. The number of hydrogen-bond acceptors (Lipinski definition) is 6. The quantitative estimate of drug-likeness (QED) is 0.518. The van der Waals surface area contributed by atoms with E-state index in [-0.39, 0.29) is 17.9 Å². The third-order valence-corrected chi connectivity index (χ3v) is 3.04. The summed E-state index contributed by atoms with van der Waals surface area (Å²) in [5.74, 6) is -1.65. The van der Waals surface area contributed by atoms with Crippen LogP contribution in [-0.4, -0.2) is 41.8 Å². The first-order chi connectivity index (χ1) is 9.90. The Morgan fingerprint density at radius 2 is 2.33 bits per heavy atom. The summed E-state index contributed by atoms with van der Waals surface area (Å²) < 4.78 is 0.978. The number of H-pyrrole nitrogens is 1. The molecule has 0 fully saturated rings. The second kappa shape index (κ2) is 5.94. The highest BCUT2D eigenvalue weighted by Gasteiger charge is 2.22. The number of aromatic amines is 1. The molecule has 0 radical (unpaired) electrons. The lowest BCUT2D eigenvalue weighted by Crippen LogP contribution is -2.28. The van der Waals surface area contributed by atoms with Crippen LogP contribution in [0.4, 0.5) is 0 Å². The third-order valence-electron chi connectivity index (χ3n) is 3.04. The maximum Gasteiger partial charge on any atom is 0.323 e. The number of nitrogens with two attached hydrogens (primary N) is 1. The molecule has 0 unspecified atom stereocenters. The molecule has 2 rings (SSSR count). The number of carboxylic acid groups (broad SMARTS) is 1. The average Bonchev–Trinajstić information content (AvgIpc) is 3.01. The monoisotopic (exact) mass is 294 g/mol. The van der Waals surface area contributed by atoms with Crippen LogP contribution in [0.2, 0.25) is 0 Å². The van der Waals surface area contributed by atoms with Gasteiger partial charge >= 0.3 is 5.97 Å². The topological polar surface area (TPSA) is 153 Å². The Balaban J connectivity index is 2.40. The predicted octanol–water partition coefficient (Wildman–Crippen LogP) is -1.26. The summed E-state index contributed by atoms with van der Waals surface area (Å²) in [4.78, 5) is 21.7. The van der Waals surface area contributed by atoms with Gasteiger partial charge in [0, 0.05) is 18.3 Å². The Bertz CT molecular complexity index is 620. The van der Waals surface area contributed by atoms with Crippen molar-refractivity contribution in [1.29, 1.82) is 0 Å². The second-order valence-electron chi connectivity index (χ2n) is 4.72. The van der Waals surface area contributed by atoms with Crippen molar-refractivity contribution in [2.75, 3.05) is 0 Å². The second-order valence-corrected chi connectivity index (χ2v) is 4.72. The molecule has 0 saturated carbocycles. The van der Waals surface area contributed by atoms with Gasteiger partial charge in [0.25, 0.3) is 0 Å². The zero-order chi connectivity index (χ0) is 15.6. The minimum atomic E-state index is -1.18. The molecule has 9 heteroatoms. The largest absolute Gasteiger partial charge is 0.859 e. The number of carboxylic acids is 1. The van der Waals surface area contributed by atoms with Crippen molar-refractivity contribution >= 4 is 5.97 Å². The van der Waals surface area contributed by atoms with Gasteiger partial charge in [0.2, 0.25) is 0 Å². The van der Waals surface area contributed by atoms with E-state index in [2.05, 4.69) is 15.0 Å². The first-order valence-corrected chi connectivity index (χ1v) is 6.29. The molecule has 0 amide bonds. The fourth-order valence-corrected chi connectivity index (χ4v) is 1.94. The van der Waals surface area contributed by atoms with E-state index in [4.69, 9.17) is 10.8 Å². The molecule has 0 aromatic carbocycles. The van der Waals surface area contributed by atoms with Crippen LogP contribution in [0.3, 0.4) is 0 Å². The number of imidazole rings is 2. The molecule has 0 spiro atoms. The van der Waals surface area contributed by atoms with Crippen LogP contribution in [-0.2, 0) is 17.8 Å². The van der Waals surface area contributed by atoms with E-state index in [1.54, 1.807) is 6.20 Å². The summed E-state index contributed by atoms with van der Waals surface area (Å²) in [5, 5.41) is 30.7. The van der Waals surface area contributed by atoms with Crippen LogP contribution in [0.15, 0.2) is 12.5 Å². The van der Waals surface area contributed by atoms with E-state index < -0.39 is 30.5 Å². The first kappa shape index (κ1) is 15.0. The van der Waals surface area contributed by atoms with Gasteiger partial charge in [0.15, 0.2) is 0 Å². The van der Waals surface area contributed by atoms with E-state index in [1.165, 1.54) is 13.3 Å². The van der Waals surface area contributed by atoms with E-state index in [0.717, 1.165) is 4.57 Å². The van der Waals surface area contributed by atoms with Gasteiger partial charge in [-0.05, 0) is 12.8 Å². The van der Waals surface area contributed by atoms with E-state index in [9.17, 15) is 15.0 Å². The standard InChI is InChI=1S/C12H17N5O4/c1-6(18)10(13)11-16-8(2-7-3-14-5-15-7)12(21)17(11)4-9(19)20/h3,5-6,10,18,21H,2,4,13H2,1H3,(H,14,15)(H,19,20)/p-1/t6-,10+/m1/s1. The highest BCUT2D eigenvalue weighted by molar-refractivity contribution is 5.67. The van der Waals surface area contributed by atoms with E-state index in [1.807, 2.05) is 0 Å². The summed E-state index contributed by atoms with van der Waals surface area (Å²) in [6, 6.07) is -0.937. The van der Waals surface area contributed by atoms with E-state index >= 15 is 0 Å². The van der Waals surface area contributed by atoms with Gasteiger partial charge < -0.3 is 30.6 Å². The molecule has 2 aromatic heterocycles. The van der Waals surface area contributed by atoms with Crippen molar-refractivity contribution in [3.05, 3.63) is 29.7 Å². The Hall–Kier alpha value is -2.39. The summed E-state index contributed by atoms with van der Waals surface area (Å²) in [7, 11) is 0. The number of hydrogen-bond donors (Lipinski definition) is 4. The van der Waals surface area contributed by atoms with Crippen LogP contribution >= 0.6 is 0 Å². The molecule has 114 valence electrons. The Kier molecular flexibility index (Phi) is 4.24. The van der Waals surface area contributed by atoms with Crippen LogP contribution in [0.5, 0.6) is 5.88 Å². The fourth-order valence-electron chi connectivity index (χ4n) is 1.94. The van der Waals surface area contributed by atoms with Gasteiger partial charge in [-0.25, -0.2) is 9.97 Å². The Morgan fingerprint density at radius 3 is 2.86 bits per heavy atom. The zero-order valence-corrected chi connectivity index (χ0v) is 11.4. The van der Waals surface area contributed by atoms with Crippen molar-refractivity contribution in [2.24, 2.45) is 5.73 Å². The molecule has 21 heavy (non-hydrogen) atoms. The molecule has 2 heterocycles. The average molecular weight is 294 g/mol. The lowest BCUT2D eigenvalue weighted by molar-refractivity contribution is -0.280. The van der Waals surface area contributed by atoms with Crippen molar-refractivity contribution in [3.63, 3.8) is 0 Å². The van der Waals surface area contributed by atoms with Crippen molar-refractivity contribution in [2.45, 2.75) is 32.0 Å². The first-order valence-electron chi connectivity index (χ1n) is 6.29. The molecule has 9 nitrogen and oxygen atoms in total. The molecule has 5 N–H and O–H groups in total. The van der Waals surface area contributed by atoms with Crippen molar-refractivity contribution in [1.82, 2.24) is 19.5 Å². The molecule has 0 bridgehead atoms. The number of aromatic nitrogens is 4. The smallest absolute Gasteiger partial charge is 0.323 e. The zero-order valence-electron chi connectivity index (χ0n) is 11.4.